The second kappa shape index (κ2) is 2.78. The van der Waals surface area contributed by atoms with Gasteiger partial charge in [-0.05, 0) is 18.2 Å². The smallest absolute Gasteiger partial charge is 0.141 e. The highest BCUT2D eigenvalue weighted by atomic mass is 16.3. The van der Waals surface area contributed by atoms with Crippen LogP contribution in [-0.4, -0.2) is 20.1 Å². The highest BCUT2D eigenvalue weighted by Crippen LogP contribution is 2.22. The monoisotopic (exact) mass is 176 g/mol. The van der Waals surface area contributed by atoms with E-state index in [4.69, 9.17) is 5.73 Å². The highest BCUT2D eigenvalue weighted by molar-refractivity contribution is 5.55. The summed E-state index contributed by atoms with van der Waals surface area (Å²) in [6, 6.07) is 4.77. The maximum atomic E-state index is 9.46. The summed E-state index contributed by atoms with van der Waals surface area (Å²) in [5.41, 5.74) is 6.66. The lowest BCUT2D eigenvalue weighted by Crippen LogP contribution is -1.97. The Kier molecular flexibility index (Phi) is 1.63. The average Bonchev–Trinajstić information content (AvgIpc) is 2.61. The topological polar surface area (TPSA) is 77.0 Å². The Hall–Kier alpha value is -2.04. The van der Waals surface area contributed by atoms with Gasteiger partial charge in [0.2, 0.25) is 0 Å². The Labute approximate surface area is 74.4 Å². The summed E-state index contributed by atoms with van der Waals surface area (Å²) < 4.78 is 1.45. The summed E-state index contributed by atoms with van der Waals surface area (Å²) >= 11 is 0. The van der Waals surface area contributed by atoms with E-state index in [1.807, 2.05) is 0 Å². The largest absolute Gasteiger partial charge is 0.506 e. The minimum absolute atomic E-state index is 0.125. The molecule has 0 atom stereocenters. The van der Waals surface area contributed by atoms with Gasteiger partial charge in [-0.1, -0.05) is 5.21 Å². The van der Waals surface area contributed by atoms with E-state index in [0.717, 1.165) is 0 Å². The molecule has 0 radical (unpaired) electrons. The molecular formula is C8H8N4O. The molecule has 2 aromatic rings. The molecule has 0 spiro atoms. The Morgan fingerprint density at radius 3 is 2.92 bits per heavy atom. The number of aromatic hydroxyl groups is 1. The van der Waals surface area contributed by atoms with Gasteiger partial charge in [0.05, 0.1) is 12.4 Å². The summed E-state index contributed by atoms with van der Waals surface area (Å²) in [6.07, 6.45) is 3.16. The number of nitrogen functional groups attached to an aromatic ring is 1. The van der Waals surface area contributed by atoms with Crippen molar-refractivity contribution in [3.63, 3.8) is 0 Å². The van der Waals surface area contributed by atoms with E-state index in [-0.39, 0.29) is 5.75 Å². The first-order valence-electron chi connectivity index (χ1n) is 3.72. The van der Waals surface area contributed by atoms with Gasteiger partial charge in [0.25, 0.3) is 0 Å². The normalized spacial score (nSPS) is 10.2. The van der Waals surface area contributed by atoms with Crippen LogP contribution in [0, 0.1) is 0 Å². The van der Waals surface area contributed by atoms with E-state index in [1.165, 1.54) is 16.9 Å². The minimum atomic E-state index is 0.125. The standard InChI is InChI=1S/C8H8N4O/c9-6-1-2-8(13)7(5-6)12-4-3-10-11-12/h1-5,13H,9H2. The highest BCUT2D eigenvalue weighted by Gasteiger charge is 2.03. The van der Waals surface area contributed by atoms with Gasteiger partial charge in [0.1, 0.15) is 11.4 Å². The number of hydrogen-bond donors (Lipinski definition) is 2. The fraction of sp³-hybridized carbons (Fsp3) is 0. The zero-order valence-corrected chi connectivity index (χ0v) is 6.75. The Bertz CT molecular complexity index is 410. The first kappa shape index (κ1) is 7.60. The van der Waals surface area contributed by atoms with Gasteiger partial charge in [-0.3, -0.25) is 0 Å². The summed E-state index contributed by atoms with van der Waals surface area (Å²) in [5, 5.41) is 16.8. The van der Waals surface area contributed by atoms with Crippen LogP contribution >= 0.6 is 0 Å². The maximum absolute atomic E-state index is 9.46. The van der Waals surface area contributed by atoms with E-state index >= 15 is 0 Å². The molecule has 5 heteroatoms. The number of anilines is 1. The molecule has 0 saturated heterocycles. The molecule has 3 N–H and O–H groups in total. The van der Waals surface area contributed by atoms with Crippen LogP contribution in [-0.2, 0) is 0 Å². The molecule has 0 amide bonds. The number of rotatable bonds is 1. The second-order valence-corrected chi connectivity index (χ2v) is 2.60. The van der Waals surface area contributed by atoms with Crippen LogP contribution in [0.5, 0.6) is 5.75 Å². The molecule has 0 fully saturated rings. The molecule has 0 saturated carbocycles. The number of aromatic nitrogens is 3. The third-order valence-electron chi connectivity index (χ3n) is 1.67. The zero-order chi connectivity index (χ0) is 9.26. The predicted octanol–water partition coefficient (Wildman–Crippen LogP) is 0.555. The van der Waals surface area contributed by atoms with Crippen LogP contribution in [0.3, 0.4) is 0 Å². The fourth-order valence-electron chi connectivity index (χ4n) is 1.06. The van der Waals surface area contributed by atoms with Crippen LogP contribution in [0.1, 0.15) is 0 Å². The number of nitrogens with two attached hydrogens (primary N) is 1. The van der Waals surface area contributed by atoms with Gasteiger partial charge < -0.3 is 10.8 Å². The molecule has 0 aliphatic heterocycles. The van der Waals surface area contributed by atoms with Crippen LogP contribution < -0.4 is 5.73 Å². The van der Waals surface area contributed by atoms with Gasteiger partial charge in [-0.2, -0.15) is 0 Å². The van der Waals surface area contributed by atoms with Crippen molar-refractivity contribution in [1.29, 1.82) is 0 Å². The fourth-order valence-corrected chi connectivity index (χ4v) is 1.06. The van der Waals surface area contributed by atoms with Crippen LogP contribution in [0.25, 0.3) is 5.69 Å². The molecule has 0 aliphatic carbocycles. The number of phenols is 1. The first-order chi connectivity index (χ1) is 6.27. The number of hydrogen-bond acceptors (Lipinski definition) is 4. The molecule has 66 valence electrons. The van der Waals surface area contributed by atoms with Crippen molar-refractivity contribution >= 4 is 5.69 Å². The van der Waals surface area contributed by atoms with Crippen LogP contribution in [0.2, 0.25) is 0 Å². The third-order valence-corrected chi connectivity index (χ3v) is 1.67. The summed E-state index contributed by atoms with van der Waals surface area (Å²) in [4.78, 5) is 0. The molecule has 0 unspecified atom stereocenters. The SMILES string of the molecule is Nc1ccc(O)c(-n2ccnn2)c1. The summed E-state index contributed by atoms with van der Waals surface area (Å²) in [6.45, 7) is 0. The lowest BCUT2D eigenvalue weighted by molar-refractivity contribution is 0.470. The van der Waals surface area contributed by atoms with Crippen molar-refractivity contribution in [3.8, 4) is 11.4 Å². The van der Waals surface area contributed by atoms with E-state index < -0.39 is 0 Å². The van der Waals surface area contributed by atoms with E-state index in [1.54, 1.807) is 18.3 Å². The molecule has 1 aromatic carbocycles. The lowest BCUT2D eigenvalue weighted by Gasteiger charge is -2.03. The van der Waals surface area contributed by atoms with Gasteiger partial charge in [0.15, 0.2) is 0 Å². The minimum Gasteiger partial charge on any atom is -0.506 e. The molecule has 13 heavy (non-hydrogen) atoms. The van der Waals surface area contributed by atoms with Gasteiger partial charge in [-0.25, -0.2) is 4.68 Å². The van der Waals surface area contributed by atoms with Crippen molar-refractivity contribution in [2.45, 2.75) is 0 Å². The summed E-state index contributed by atoms with van der Waals surface area (Å²) in [5.74, 6) is 0.125. The van der Waals surface area contributed by atoms with E-state index in [0.29, 0.717) is 11.4 Å². The van der Waals surface area contributed by atoms with E-state index in [2.05, 4.69) is 10.3 Å². The zero-order valence-electron chi connectivity index (χ0n) is 6.75. The second-order valence-electron chi connectivity index (χ2n) is 2.60. The number of nitrogens with zero attached hydrogens (tertiary/aromatic N) is 3. The molecule has 1 aromatic heterocycles. The molecule has 1 heterocycles. The van der Waals surface area contributed by atoms with Crippen molar-refractivity contribution in [1.82, 2.24) is 15.0 Å². The van der Waals surface area contributed by atoms with Crippen molar-refractivity contribution in [2.24, 2.45) is 0 Å². The van der Waals surface area contributed by atoms with Crippen LogP contribution in [0.4, 0.5) is 5.69 Å². The quantitative estimate of drug-likeness (QED) is 0.491. The predicted molar refractivity (Wildman–Crippen MR) is 47.4 cm³/mol. The van der Waals surface area contributed by atoms with Crippen molar-refractivity contribution < 1.29 is 5.11 Å². The number of phenolic OH excluding ortho intramolecular Hbond substituents is 1. The molecule has 0 bridgehead atoms. The Morgan fingerprint density at radius 1 is 1.38 bits per heavy atom. The van der Waals surface area contributed by atoms with Gasteiger partial charge in [0, 0.05) is 5.69 Å². The molecular weight excluding hydrogens is 168 g/mol. The van der Waals surface area contributed by atoms with E-state index in [9.17, 15) is 5.11 Å². The van der Waals surface area contributed by atoms with Gasteiger partial charge >= 0.3 is 0 Å². The Balaban J connectivity index is 2.57. The number of benzene rings is 1. The first-order valence-corrected chi connectivity index (χ1v) is 3.72. The average molecular weight is 176 g/mol. The van der Waals surface area contributed by atoms with Crippen molar-refractivity contribution in [2.75, 3.05) is 5.73 Å². The summed E-state index contributed by atoms with van der Waals surface area (Å²) in [7, 11) is 0. The maximum Gasteiger partial charge on any atom is 0.141 e. The molecule has 0 aliphatic rings. The molecule has 2 rings (SSSR count). The molecule has 5 nitrogen and oxygen atoms in total. The van der Waals surface area contributed by atoms with Crippen molar-refractivity contribution in [3.05, 3.63) is 30.6 Å². The van der Waals surface area contributed by atoms with Gasteiger partial charge in [-0.15, -0.1) is 5.10 Å². The van der Waals surface area contributed by atoms with Crippen LogP contribution in [0.15, 0.2) is 30.6 Å². The Morgan fingerprint density at radius 2 is 2.23 bits per heavy atom. The lowest BCUT2D eigenvalue weighted by atomic mass is 10.2. The third kappa shape index (κ3) is 1.31.